The number of ketones is 1. The topological polar surface area (TPSA) is 54.5 Å². The van der Waals surface area contributed by atoms with Crippen molar-refractivity contribution in [2.45, 2.75) is 43.0 Å². The van der Waals surface area contributed by atoms with Crippen molar-refractivity contribution in [2.24, 2.45) is 0 Å². The predicted molar refractivity (Wildman–Crippen MR) is 126 cm³/mol. The van der Waals surface area contributed by atoms with Gasteiger partial charge in [-0.15, -0.1) is 0 Å². The molecule has 1 heterocycles. The van der Waals surface area contributed by atoms with Gasteiger partial charge in [0.05, 0.1) is 10.6 Å². The molecule has 0 aromatic heterocycles. The van der Waals surface area contributed by atoms with Crippen molar-refractivity contribution in [3.8, 4) is 0 Å². The number of hydrogen-bond acceptors (Lipinski definition) is 3. The van der Waals surface area contributed by atoms with Crippen LogP contribution in [0.15, 0.2) is 89.8 Å². The van der Waals surface area contributed by atoms with E-state index in [-0.39, 0.29) is 23.0 Å². The van der Waals surface area contributed by atoms with Gasteiger partial charge >= 0.3 is 0 Å². The van der Waals surface area contributed by atoms with Crippen molar-refractivity contribution in [1.29, 1.82) is 0 Å². The Kier molecular flexibility index (Phi) is 4.82. The zero-order valence-electron chi connectivity index (χ0n) is 18.2. The highest BCUT2D eigenvalue weighted by atomic mass is 32.2. The van der Waals surface area contributed by atoms with E-state index in [2.05, 4.69) is 6.92 Å². The minimum Gasteiger partial charge on any atom is -0.295 e. The fourth-order valence-corrected chi connectivity index (χ4v) is 7.03. The van der Waals surface area contributed by atoms with Crippen LogP contribution in [0.2, 0.25) is 0 Å². The quantitative estimate of drug-likeness (QED) is 0.552. The molecular weight excluding hydrogens is 418 g/mol. The average molecular weight is 444 g/mol. The minimum atomic E-state index is -3.92. The molecule has 0 N–H and O–H groups in total. The van der Waals surface area contributed by atoms with Gasteiger partial charge in [-0.25, -0.2) is 8.42 Å². The van der Waals surface area contributed by atoms with Gasteiger partial charge in [0.2, 0.25) is 0 Å². The number of fused-ring (bicyclic) bond motifs is 3. The lowest BCUT2D eigenvalue weighted by Gasteiger charge is -2.43. The number of anilines is 1. The Labute approximate surface area is 189 Å². The molecule has 0 radical (unpaired) electrons. The van der Waals surface area contributed by atoms with E-state index < -0.39 is 15.6 Å². The Morgan fingerprint density at radius 3 is 2.41 bits per heavy atom. The van der Waals surface area contributed by atoms with E-state index in [1.165, 1.54) is 0 Å². The first-order valence-corrected chi connectivity index (χ1v) is 12.3. The van der Waals surface area contributed by atoms with Crippen molar-refractivity contribution in [3.63, 3.8) is 0 Å². The second kappa shape index (κ2) is 7.45. The summed E-state index contributed by atoms with van der Waals surface area (Å²) in [6.45, 7) is 4.01. The summed E-state index contributed by atoms with van der Waals surface area (Å²) in [5, 5.41) is 0. The van der Waals surface area contributed by atoms with Crippen LogP contribution in [0, 0.1) is 6.92 Å². The molecule has 4 nitrogen and oxygen atoms in total. The largest absolute Gasteiger partial charge is 0.295 e. The molecule has 0 spiro atoms. The molecule has 3 aromatic carbocycles. The minimum absolute atomic E-state index is 0.0176. The Morgan fingerprint density at radius 2 is 1.66 bits per heavy atom. The van der Waals surface area contributed by atoms with Crippen LogP contribution >= 0.6 is 0 Å². The van der Waals surface area contributed by atoms with Gasteiger partial charge in [0.15, 0.2) is 5.78 Å². The molecule has 3 aromatic rings. The summed E-state index contributed by atoms with van der Waals surface area (Å²) >= 11 is 0. The molecule has 2 aliphatic rings. The van der Waals surface area contributed by atoms with Crippen LogP contribution in [0.1, 0.15) is 41.5 Å². The van der Waals surface area contributed by atoms with E-state index in [1.807, 2.05) is 73.7 Å². The van der Waals surface area contributed by atoms with Gasteiger partial charge in [-0.1, -0.05) is 67.1 Å². The molecule has 5 rings (SSSR count). The maximum Gasteiger partial charge on any atom is 0.265 e. The third kappa shape index (κ3) is 2.88. The second-order valence-electron chi connectivity index (χ2n) is 8.53. The van der Waals surface area contributed by atoms with Crippen molar-refractivity contribution < 1.29 is 13.2 Å². The van der Waals surface area contributed by atoms with Crippen LogP contribution in [0.5, 0.6) is 0 Å². The van der Waals surface area contributed by atoms with E-state index in [0.717, 1.165) is 28.7 Å². The van der Waals surface area contributed by atoms with Gasteiger partial charge in [-0.3, -0.25) is 9.10 Å². The zero-order valence-corrected chi connectivity index (χ0v) is 19.0. The fraction of sp³-hybridized carbons (Fsp3) is 0.222. The first-order valence-electron chi connectivity index (χ1n) is 10.9. The maximum atomic E-state index is 14.2. The van der Waals surface area contributed by atoms with Crippen LogP contribution in [0.25, 0.3) is 0 Å². The molecule has 1 aliphatic heterocycles. The summed E-state index contributed by atoms with van der Waals surface area (Å²) in [7, 11) is -3.92. The number of carbonyl (C=O) groups is 1. The number of allylic oxidation sites excluding steroid dienone is 1. The molecular formula is C27H25NO3S. The number of benzene rings is 3. The van der Waals surface area contributed by atoms with Crippen LogP contribution in [0.3, 0.4) is 0 Å². The van der Waals surface area contributed by atoms with Gasteiger partial charge in [0.1, 0.15) is 5.54 Å². The summed E-state index contributed by atoms with van der Waals surface area (Å²) in [4.78, 5) is 12.8. The van der Waals surface area contributed by atoms with Crippen molar-refractivity contribution >= 4 is 21.5 Å². The number of para-hydroxylation sites is 1. The molecule has 5 heteroatoms. The van der Waals surface area contributed by atoms with Crippen LogP contribution in [-0.2, 0) is 26.8 Å². The first kappa shape index (κ1) is 20.7. The smallest absolute Gasteiger partial charge is 0.265 e. The summed E-state index contributed by atoms with van der Waals surface area (Å²) in [5.41, 5.74) is 3.55. The zero-order chi connectivity index (χ0) is 22.5. The standard InChI is InChI=1S/C27H25NO3S/c1-3-20-8-4-6-10-24(20)27-17-16-21(29)18-25(27)23-9-5-7-11-26(23)28(27)32(30,31)22-14-12-19(2)13-15-22/h4-17,25H,3,18H2,1-2H3/t25-,27+/m0/s1. The molecule has 2 atom stereocenters. The second-order valence-corrected chi connectivity index (χ2v) is 10.3. The van der Waals surface area contributed by atoms with Crippen molar-refractivity contribution in [2.75, 3.05) is 4.31 Å². The highest BCUT2D eigenvalue weighted by Crippen LogP contribution is 2.59. The number of aryl methyl sites for hydroxylation is 2. The number of nitrogens with zero attached hydrogens (tertiary/aromatic N) is 1. The highest BCUT2D eigenvalue weighted by Gasteiger charge is 2.57. The van der Waals surface area contributed by atoms with E-state index in [1.54, 1.807) is 22.5 Å². The summed E-state index contributed by atoms with van der Waals surface area (Å²) in [6, 6.07) is 22.5. The van der Waals surface area contributed by atoms with Crippen LogP contribution < -0.4 is 4.31 Å². The van der Waals surface area contributed by atoms with Gasteiger partial charge in [-0.05, 0) is 60.4 Å². The number of carbonyl (C=O) groups excluding carboxylic acids is 1. The lowest BCUT2D eigenvalue weighted by Crippen LogP contribution is -2.50. The molecule has 32 heavy (non-hydrogen) atoms. The lowest BCUT2D eigenvalue weighted by molar-refractivity contribution is -0.115. The van der Waals surface area contributed by atoms with Crippen LogP contribution in [-0.4, -0.2) is 14.2 Å². The van der Waals surface area contributed by atoms with Crippen molar-refractivity contribution in [1.82, 2.24) is 0 Å². The molecule has 0 amide bonds. The summed E-state index contributed by atoms with van der Waals surface area (Å²) in [6.07, 6.45) is 4.42. The normalized spacial score (nSPS) is 22.0. The van der Waals surface area contributed by atoms with E-state index in [0.29, 0.717) is 5.69 Å². The van der Waals surface area contributed by atoms with Gasteiger partial charge in [0.25, 0.3) is 10.0 Å². The first-order chi connectivity index (χ1) is 15.4. The predicted octanol–water partition coefficient (Wildman–Crippen LogP) is 5.27. The van der Waals surface area contributed by atoms with Crippen molar-refractivity contribution in [3.05, 3.63) is 107 Å². The lowest BCUT2D eigenvalue weighted by atomic mass is 9.70. The Morgan fingerprint density at radius 1 is 0.969 bits per heavy atom. The van der Waals surface area contributed by atoms with Crippen LogP contribution in [0.4, 0.5) is 5.69 Å². The highest BCUT2D eigenvalue weighted by molar-refractivity contribution is 7.93. The molecule has 0 saturated carbocycles. The monoisotopic (exact) mass is 443 g/mol. The van der Waals surface area contributed by atoms with Gasteiger partial charge < -0.3 is 0 Å². The van der Waals surface area contributed by atoms with Gasteiger partial charge in [-0.2, -0.15) is 0 Å². The maximum absolute atomic E-state index is 14.2. The fourth-order valence-electron chi connectivity index (χ4n) is 5.23. The third-order valence-corrected chi connectivity index (χ3v) is 8.56. The molecule has 0 fully saturated rings. The summed E-state index contributed by atoms with van der Waals surface area (Å²) in [5.74, 6) is -0.270. The third-order valence-electron chi connectivity index (χ3n) is 6.72. The number of rotatable bonds is 4. The number of hydrogen-bond donors (Lipinski definition) is 0. The SMILES string of the molecule is CCc1ccccc1[C@]12C=CC(=O)C[C@H]1c1ccccc1N2S(=O)(=O)c1ccc(C)cc1. The Balaban J connectivity index is 1.87. The Bertz CT molecular complexity index is 1340. The van der Waals surface area contributed by atoms with Gasteiger partial charge in [0, 0.05) is 12.3 Å². The van der Waals surface area contributed by atoms with E-state index in [4.69, 9.17) is 0 Å². The molecule has 1 aliphatic carbocycles. The number of sulfonamides is 1. The Hall–Kier alpha value is -3.18. The van der Waals surface area contributed by atoms with E-state index in [9.17, 15) is 13.2 Å². The molecule has 0 saturated heterocycles. The summed E-state index contributed by atoms with van der Waals surface area (Å²) < 4.78 is 30.0. The molecule has 162 valence electrons. The molecule has 0 bridgehead atoms. The molecule has 0 unspecified atom stereocenters. The average Bonchev–Trinajstić information content (AvgIpc) is 3.10. The van der Waals surface area contributed by atoms with E-state index >= 15 is 0 Å².